The summed E-state index contributed by atoms with van der Waals surface area (Å²) in [6.45, 7) is 6.73. The normalized spacial score (nSPS) is 14.5. The average molecular weight is 435 g/mol. The summed E-state index contributed by atoms with van der Waals surface area (Å²) in [4.78, 5) is 17.4. The molecule has 3 aromatic carbocycles. The topological polar surface area (TPSA) is 32.8 Å². The van der Waals surface area contributed by atoms with Crippen LogP contribution in [0.5, 0.6) is 5.75 Å². The summed E-state index contributed by atoms with van der Waals surface area (Å²) in [6, 6.07) is 23.6. The van der Waals surface area contributed by atoms with Gasteiger partial charge in [-0.2, -0.15) is 0 Å². The van der Waals surface area contributed by atoms with Gasteiger partial charge in [-0.05, 0) is 54.4 Å². The molecule has 0 unspecified atom stereocenters. The van der Waals surface area contributed by atoms with Crippen LogP contribution >= 0.6 is 11.6 Å². The first-order valence-electron chi connectivity index (χ1n) is 10.6. The van der Waals surface area contributed by atoms with Crippen molar-refractivity contribution in [1.82, 2.24) is 9.80 Å². The zero-order valence-electron chi connectivity index (χ0n) is 17.8. The SMILES string of the molecule is Cc1cccc(CN2CCN(C(=O)c3cccc(COc4ccc(Cl)cc4)c3)CC2)c1. The van der Waals surface area contributed by atoms with Crippen LogP contribution in [0.15, 0.2) is 72.8 Å². The number of ether oxygens (including phenoxy) is 1. The van der Waals surface area contributed by atoms with Gasteiger partial charge in [0.05, 0.1) is 0 Å². The Labute approximate surface area is 189 Å². The molecular formula is C26H27ClN2O2. The molecule has 0 aliphatic carbocycles. The van der Waals surface area contributed by atoms with Crippen molar-refractivity contribution in [2.75, 3.05) is 26.2 Å². The van der Waals surface area contributed by atoms with Crippen LogP contribution in [0.2, 0.25) is 5.02 Å². The second-order valence-corrected chi connectivity index (χ2v) is 8.44. The van der Waals surface area contributed by atoms with E-state index in [0.29, 0.717) is 17.2 Å². The minimum atomic E-state index is 0.0866. The highest BCUT2D eigenvalue weighted by Crippen LogP contribution is 2.18. The Kier molecular flexibility index (Phi) is 6.90. The zero-order valence-corrected chi connectivity index (χ0v) is 18.5. The molecule has 1 saturated heterocycles. The van der Waals surface area contributed by atoms with Gasteiger partial charge >= 0.3 is 0 Å². The number of rotatable bonds is 6. The summed E-state index contributed by atoms with van der Waals surface area (Å²) < 4.78 is 5.82. The fourth-order valence-electron chi connectivity index (χ4n) is 3.85. The molecular weight excluding hydrogens is 408 g/mol. The maximum Gasteiger partial charge on any atom is 0.253 e. The number of hydrogen-bond donors (Lipinski definition) is 0. The predicted octanol–water partition coefficient (Wildman–Crippen LogP) is 5.19. The molecule has 5 heteroatoms. The number of hydrogen-bond acceptors (Lipinski definition) is 3. The Morgan fingerprint density at radius 3 is 2.35 bits per heavy atom. The van der Waals surface area contributed by atoms with Crippen LogP contribution < -0.4 is 4.74 Å². The lowest BCUT2D eigenvalue weighted by Crippen LogP contribution is -2.48. The van der Waals surface area contributed by atoms with Gasteiger partial charge in [-0.15, -0.1) is 0 Å². The minimum Gasteiger partial charge on any atom is -0.489 e. The monoisotopic (exact) mass is 434 g/mol. The molecule has 0 radical (unpaired) electrons. The Bertz CT molecular complexity index is 1030. The maximum atomic E-state index is 13.0. The number of carbonyl (C=O) groups excluding carboxylic acids is 1. The molecule has 0 atom stereocenters. The summed E-state index contributed by atoms with van der Waals surface area (Å²) in [5.41, 5.74) is 4.29. The Balaban J connectivity index is 1.31. The second kappa shape index (κ2) is 9.99. The van der Waals surface area contributed by atoms with Crippen LogP contribution in [0.1, 0.15) is 27.0 Å². The van der Waals surface area contributed by atoms with Crippen LogP contribution in [0.25, 0.3) is 0 Å². The van der Waals surface area contributed by atoms with Crippen LogP contribution in [0.3, 0.4) is 0 Å². The van der Waals surface area contributed by atoms with E-state index in [0.717, 1.165) is 44.0 Å². The predicted molar refractivity (Wildman–Crippen MR) is 125 cm³/mol. The highest BCUT2D eigenvalue weighted by atomic mass is 35.5. The first-order chi connectivity index (χ1) is 15.1. The van der Waals surface area contributed by atoms with Gasteiger partial charge in [0.1, 0.15) is 12.4 Å². The highest BCUT2D eigenvalue weighted by molar-refractivity contribution is 6.30. The third-order valence-corrected chi connectivity index (χ3v) is 5.79. The Hall–Kier alpha value is -2.82. The van der Waals surface area contributed by atoms with Crippen molar-refractivity contribution >= 4 is 17.5 Å². The molecule has 4 rings (SSSR count). The van der Waals surface area contributed by atoms with Gasteiger partial charge in [0.15, 0.2) is 0 Å². The molecule has 1 heterocycles. The van der Waals surface area contributed by atoms with E-state index in [4.69, 9.17) is 16.3 Å². The van der Waals surface area contributed by atoms with E-state index in [2.05, 4.69) is 36.1 Å². The molecule has 0 spiro atoms. The van der Waals surface area contributed by atoms with Crippen LogP contribution in [0.4, 0.5) is 0 Å². The van der Waals surface area contributed by atoms with Crippen molar-refractivity contribution in [3.63, 3.8) is 0 Å². The molecule has 1 aliphatic heterocycles. The second-order valence-electron chi connectivity index (χ2n) is 8.00. The fourth-order valence-corrected chi connectivity index (χ4v) is 3.98. The van der Waals surface area contributed by atoms with Crippen molar-refractivity contribution in [3.8, 4) is 5.75 Å². The van der Waals surface area contributed by atoms with Gasteiger partial charge in [0, 0.05) is 43.3 Å². The van der Waals surface area contributed by atoms with E-state index < -0.39 is 0 Å². The van der Waals surface area contributed by atoms with Crippen molar-refractivity contribution in [2.24, 2.45) is 0 Å². The third-order valence-electron chi connectivity index (χ3n) is 5.54. The third kappa shape index (κ3) is 5.87. The minimum absolute atomic E-state index is 0.0866. The summed E-state index contributed by atoms with van der Waals surface area (Å²) in [5.74, 6) is 0.842. The zero-order chi connectivity index (χ0) is 21.6. The average Bonchev–Trinajstić information content (AvgIpc) is 2.79. The maximum absolute atomic E-state index is 13.0. The van der Waals surface area contributed by atoms with E-state index in [-0.39, 0.29) is 5.91 Å². The van der Waals surface area contributed by atoms with Crippen LogP contribution in [-0.2, 0) is 13.2 Å². The van der Waals surface area contributed by atoms with Crippen molar-refractivity contribution < 1.29 is 9.53 Å². The van der Waals surface area contributed by atoms with Crippen LogP contribution in [-0.4, -0.2) is 41.9 Å². The number of halogens is 1. The van der Waals surface area contributed by atoms with Gasteiger partial charge in [0.2, 0.25) is 0 Å². The number of piperazine rings is 1. The smallest absolute Gasteiger partial charge is 0.253 e. The van der Waals surface area contributed by atoms with Crippen molar-refractivity contribution in [3.05, 3.63) is 100 Å². The van der Waals surface area contributed by atoms with Gasteiger partial charge in [-0.25, -0.2) is 0 Å². The molecule has 4 nitrogen and oxygen atoms in total. The quantitative estimate of drug-likeness (QED) is 0.535. The summed E-state index contributed by atoms with van der Waals surface area (Å²) >= 11 is 5.91. The molecule has 31 heavy (non-hydrogen) atoms. The Morgan fingerprint density at radius 2 is 1.61 bits per heavy atom. The standard InChI is InChI=1S/C26H27ClN2O2/c1-20-4-2-5-21(16-20)18-28-12-14-29(15-13-28)26(30)23-7-3-6-22(17-23)19-31-25-10-8-24(27)9-11-25/h2-11,16-17H,12-15,18-19H2,1H3. The molecule has 0 aromatic heterocycles. The molecule has 1 amide bonds. The lowest BCUT2D eigenvalue weighted by Gasteiger charge is -2.35. The lowest BCUT2D eigenvalue weighted by molar-refractivity contribution is 0.0628. The van der Waals surface area contributed by atoms with Gasteiger partial charge in [-0.3, -0.25) is 9.69 Å². The number of benzene rings is 3. The number of amides is 1. The van der Waals surface area contributed by atoms with E-state index in [1.54, 1.807) is 12.1 Å². The highest BCUT2D eigenvalue weighted by Gasteiger charge is 2.22. The van der Waals surface area contributed by atoms with Gasteiger partial charge in [-0.1, -0.05) is 53.6 Å². The van der Waals surface area contributed by atoms with Crippen molar-refractivity contribution in [2.45, 2.75) is 20.1 Å². The number of aryl methyl sites for hydroxylation is 1. The van der Waals surface area contributed by atoms with E-state index >= 15 is 0 Å². The first-order valence-corrected chi connectivity index (χ1v) is 11.0. The summed E-state index contributed by atoms with van der Waals surface area (Å²) in [5, 5.41) is 0.680. The summed E-state index contributed by atoms with van der Waals surface area (Å²) in [7, 11) is 0. The number of carbonyl (C=O) groups is 1. The van der Waals surface area contributed by atoms with Gasteiger partial charge < -0.3 is 9.64 Å². The molecule has 160 valence electrons. The van der Waals surface area contributed by atoms with Crippen molar-refractivity contribution in [1.29, 1.82) is 0 Å². The van der Waals surface area contributed by atoms with Gasteiger partial charge in [0.25, 0.3) is 5.91 Å². The lowest BCUT2D eigenvalue weighted by atomic mass is 10.1. The van der Waals surface area contributed by atoms with Crippen LogP contribution in [0, 0.1) is 6.92 Å². The van der Waals surface area contributed by atoms with E-state index in [1.807, 2.05) is 41.3 Å². The summed E-state index contributed by atoms with van der Waals surface area (Å²) in [6.07, 6.45) is 0. The molecule has 0 N–H and O–H groups in total. The van der Waals surface area contributed by atoms with E-state index in [9.17, 15) is 4.79 Å². The first kappa shape index (κ1) is 21.4. The molecule has 1 aliphatic rings. The largest absolute Gasteiger partial charge is 0.489 e. The Morgan fingerprint density at radius 1 is 0.903 bits per heavy atom. The fraction of sp³-hybridized carbons (Fsp3) is 0.269. The number of nitrogens with zero attached hydrogens (tertiary/aromatic N) is 2. The molecule has 0 saturated carbocycles. The molecule has 0 bridgehead atoms. The van der Waals surface area contributed by atoms with E-state index in [1.165, 1.54) is 11.1 Å². The molecule has 3 aromatic rings. The molecule has 1 fully saturated rings.